The second-order valence-electron chi connectivity index (χ2n) is 3.97. The van der Waals surface area contributed by atoms with Crippen molar-refractivity contribution in [1.82, 2.24) is 0 Å². The maximum absolute atomic E-state index is 11.0. The van der Waals surface area contributed by atoms with Crippen molar-refractivity contribution >= 4 is 5.97 Å². The molecular weight excluding hydrogens is 204 g/mol. The van der Waals surface area contributed by atoms with Gasteiger partial charge in [0.05, 0.1) is 0 Å². The Morgan fingerprint density at radius 2 is 1.81 bits per heavy atom. The Balaban J connectivity index is 2.99. The van der Waals surface area contributed by atoms with E-state index in [4.69, 9.17) is 5.11 Å². The quantitative estimate of drug-likeness (QED) is 0.803. The lowest BCUT2D eigenvalue weighted by Crippen LogP contribution is -2.34. The molecule has 3 nitrogen and oxygen atoms in total. The highest BCUT2D eigenvalue weighted by Gasteiger charge is 2.35. The van der Waals surface area contributed by atoms with Crippen molar-refractivity contribution in [1.29, 1.82) is 0 Å². The molecule has 1 unspecified atom stereocenters. The van der Waals surface area contributed by atoms with Crippen LogP contribution < -0.4 is 0 Å². The highest BCUT2D eigenvalue weighted by atomic mass is 16.4. The fraction of sp³-hybridized carbons (Fsp3) is 0.462. The van der Waals surface area contributed by atoms with E-state index in [2.05, 4.69) is 6.92 Å². The maximum Gasteiger partial charge on any atom is 0.340 e. The van der Waals surface area contributed by atoms with Gasteiger partial charge in [-0.25, -0.2) is 4.79 Å². The molecule has 1 aromatic rings. The summed E-state index contributed by atoms with van der Waals surface area (Å²) in [6.45, 7) is 3.75. The highest BCUT2D eigenvalue weighted by molar-refractivity contribution is 5.79. The lowest BCUT2D eigenvalue weighted by molar-refractivity contribution is -0.160. The van der Waals surface area contributed by atoms with Gasteiger partial charge in [0.1, 0.15) is 0 Å². The van der Waals surface area contributed by atoms with E-state index in [0.29, 0.717) is 5.56 Å². The van der Waals surface area contributed by atoms with E-state index in [1.807, 2.05) is 12.1 Å². The maximum atomic E-state index is 11.0. The van der Waals surface area contributed by atoms with Crippen molar-refractivity contribution in [3.8, 4) is 0 Å². The molecule has 0 aliphatic heterocycles. The third kappa shape index (κ3) is 2.42. The van der Waals surface area contributed by atoms with Gasteiger partial charge in [-0.2, -0.15) is 0 Å². The third-order valence-corrected chi connectivity index (χ3v) is 2.84. The number of hydrogen-bond donors (Lipinski definition) is 2. The summed E-state index contributed by atoms with van der Waals surface area (Å²) in [6, 6.07) is 7.15. The van der Waals surface area contributed by atoms with Gasteiger partial charge in [0.25, 0.3) is 0 Å². The number of benzene rings is 1. The van der Waals surface area contributed by atoms with Crippen LogP contribution in [0.3, 0.4) is 0 Å². The van der Waals surface area contributed by atoms with Gasteiger partial charge in [-0.15, -0.1) is 0 Å². The Hall–Kier alpha value is -1.35. The Morgan fingerprint density at radius 3 is 2.19 bits per heavy atom. The van der Waals surface area contributed by atoms with Gasteiger partial charge >= 0.3 is 5.97 Å². The van der Waals surface area contributed by atoms with Crippen LogP contribution in [0.15, 0.2) is 24.3 Å². The first kappa shape index (κ1) is 12.7. The van der Waals surface area contributed by atoms with Crippen molar-refractivity contribution in [3.05, 3.63) is 35.4 Å². The standard InChI is InChI=1S/C13H18O3/c1-3-5-10-6-8-11(9-7-10)13(16,4-2)12(14)15/h6-9,16H,3-5H2,1-2H3,(H,14,15). The molecule has 0 aliphatic rings. The zero-order valence-electron chi connectivity index (χ0n) is 9.73. The molecule has 0 spiro atoms. The van der Waals surface area contributed by atoms with Crippen molar-refractivity contribution in [3.63, 3.8) is 0 Å². The average molecular weight is 222 g/mol. The molecule has 1 atom stereocenters. The van der Waals surface area contributed by atoms with Gasteiger partial charge in [0.2, 0.25) is 0 Å². The molecule has 88 valence electrons. The van der Waals surface area contributed by atoms with Crippen molar-refractivity contribution in [2.45, 2.75) is 38.7 Å². The number of carboxylic acids is 1. The average Bonchev–Trinajstić information content (AvgIpc) is 2.29. The monoisotopic (exact) mass is 222 g/mol. The van der Waals surface area contributed by atoms with E-state index in [1.54, 1.807) is 19.1 Å². The van der Waals surface area contributed by atoms with Gasteiger partial charge in [-0.05, 0) is 24.0 Å². The molecule has 0 saturated heterocycles. The minimum atomic E-state index is -1.76. The SMILES string of the molecule is CCCc1ccc(C(O)(CC)C(=O)O)cc1. The smallest absolute Gasteiger partial charge is 0.340 e. The minimum absolute atomic E-state index is 0.162. The number of carboxylic acid groups (broad SMARTS) is 1. The Morgan fingerprint density at radius 1 is 1.25 bits per heavy atom. The number of aliphatic hydroxyl groups is 1. The first-order chi connectivity index (χ1) is 7.54. The Kier molecular flexibility index (Phi) is 4.07. The number of rotatable bonds is 5. The molecule has 0 bridgehead atoms. The van der Waals surface area contributed by atoms with Crippen LogP contribution in [0.1, 0.15) is 37.8 Å². The number of aliphatic carboxylic acids is 1. The van der Waals surface area contributed by atoms with E-state index >= 15 is 0 Å². The Labute approximate surface area is 95.7 Å². The van der Waals surface area contributed by atoms with E-state index in [9.17, 15) is 9.90 Å². The summed E-state index contributed by atoms with van der Waals surface area (Å²) < 4.78 is 0. The summed E-state index contributed by atoms with van der Waals surface area (Å²) in [7, 11) is 0. The second kappa shape index (κ2) is 5.12. The summed E-state index contributed by atoms with van der Waals surface area (Å²) in [5.74, 6) is -1.20. The van der Waals surface area contributed by atoms with Crippen LogP contribution in [0.25, 0.3) is 0 Å². The molecule has 0 amide bonds. The lowest BCUT2D eigenvalue weighted by atomic mass is 9.90. The van der Waals surface area contributed by atoms with Crippen molar-refractivity contribution < 1.29 is 15.0 Å². The molecule has 0 heterocycles. The van der Waals surface area contributed by atoms with Crippen LogP contribution in [0.2, 0.25) is 0 Å². The Bertz CT molecular complexity index is 356. The molecular formula is C13H18O3. The summed E-state index contributed by atoms with van der Waals surface area (Å²) in [4.78, 5) is 11.0. The summed E-state index contributed by atoms with van der Waals surface area (Å²) >= 11 is 0. The van der Waals surface area contributed by atoms with Gasteiger partial charge in [0.15, 0.2) is 5.60 Å². The minimum Gasteiger partial charge on any atom is -0.479 e. The number of aryl methyl sites for hydroxylation is 1. The molecule has 2 N–H and O–H groups in total. The summed E-state index contributed by atoms with van der Waals surface area (Å²) in [5.41, 5.74) is -0.150. The predicted molar refractivity (Wildman–Crippen MR) is 62.3 cm³/mol. The highest BCUT2D eigenvalue weighted by Crippen LogP contribution is 2.25. The fourth-order valence-electron chi connectivity index (χ4n) is 1.71. The van der Waals surface area contributed by atoms with Crippen molar-refractivity contribution in [2.24, 2.45) is 0 Å². The van der Waals surface area contributed by atoms with Crippen LogP contribution in [0.5, 0.6) is 0 Å². The second-order valence-corrected chi connectivity index (χ2v) is 3.97. The van der Waals surface area contributed by atoms with Gasteiger partial charge in [-0.3, -0.25) is 0 Å². The first-order valence-corrected chi connectivity index (χ1v) is 5.59. The molecule has 16 heavy (non-hydrogen) atoms. The zero-order chi connectivity index (χ0) is 12.2. The fourth-order valence-corrected chi connectivity index (χ4v) is 1.71. The van der Waals surface area contributed by atoms with E-state index in [-0.39, 0.29) is 6.42 Å². The molecule has 0 aliphatic carbocycles. The normalized spacial score (nSPS) is 14.4. The molecule has 0 aromatic heterocycles. The molecule has 3 heteroatoms. The van der Waals surface area contributed by atoms with Crippen molar-refractivity contribution in [2.75, 3.05) is 0 Å². The lowest BCUT2D eigenvalue weighted by Gasteiger charge is -2.22. The summed E-state index contributed by atoms with van der Waals surface area (Å²) in [5, 5.41) is 19.0. The van der Waals surface area contributed by atoms with E-state index < -0.39 is 11.6 Å². The van der Waals surface area contributed by atoms with Crippen LogP contribution in [0, 0.1) is 0 Å². The molecule has 0 radical (unpaired) electrons. The van der Waals surface area contributed by atoms with Gasteiger partial charge in [0, 0.05) is 0 Å². The number of hydrogen-bond acceptors (Lipinski definition) is 2. The first-order valence-electron chi connectivity index (χ1n) is 5.59. The van der Waals surface area contributed by atoms with Gasteiger partial charge < -0.3 is 10.2 Å². The number of carbonyl (C=O) groups is 1. The largest absolute Gasteiger partial charge is 0.479 e. The van der Waals surface area contributed by atoms with Crippen LogP contribution in [-0.4, -0.2) is 16.2 Å². The molecule has 1 aromatic carbocycles. The third-order valence-electron chi connectivity index (χ3n) is 2.84. The molecule has 0 saturated carbocycles. The van der Waals surface area contributed by atoms with Crippen LogP contribution in [0.4, 0.5) is 0 Å². The summed E-state index contributed by atoms with van der Waals surface area (Å²) in [6.07, 6.45) is 2.18. The zero-order valence-corrected chi connectivity index (χ0v) is 9.73. The van der Waals surface area contributed by atoms with Crippen LogP contribution in [-0.2, 0) is 16.8 Å². The predicted octanol–water partition coefficient (Wildman–Crippen LogP) is 2.32. The van der Waals surface area contributed by atoms with Crippen LogP contribution >= 0.6 is 0 Å². The van der Waals surface area contributed by atoms with Gasteiger partial charge in [-0.1, -0.05) is 44.5 Å². The molecule has 1 rings (SSSR count). The van der Waals surface area contributed by atoms with E-state index in [0.717, 1.165) is 18.4 Å². The topological polar surface area (TPSA) is 57.5 Å². The van der Waals surface area contributed by atoms with E-state index in [1.165, 1.54) is 0 Å². The molecule has 0 fully saturated rings.